The second-order valence-corrected chi connectivity index (χ2v) is 7.92. The van der Waals surface area contributed by atoms with Gasteiger partial charge < -0.3 is 10.6 Å². The first-order chi connectivity index (χ1) is 11.0. The minimum absolute atomic E-state index is 0.0451. The van der Waals surface area contributed by atoms with E-state index < -0.39 is 5.54 Å². The molecule has 2 saturated heterocycles. The van der Waals surface area contributed by atoms with Crippen molar-refractivity contribution in [2.75, 3.05) is 26.2 Å². The summed E-state index contributed by atoms with van der Waals surface area (Å²) in [6.07, 6.45) is 4.85. The molecule has 0 aliphatic carbocycles. The van der Waals surface area contributed by atoms with Crippen LogP contribution in [0.2, 0.25) is 0 Å². The first kappa shape index (κ1) is 16.9. The third kappa shape index (κ3) is 3.62. The summed E-state index contributed by atoms with van der Waals surface area (Å²) >= 11 is 3.43. The van der Waals surface area contributed by atoms with Gasteiger partial charge in [0, 0.05) is 23.6 Å². The van der Waals surface area contributed by atoms with Crippen LogP contribution >= 0.6 is 15.9 Å². The molecule has 3 rings (SSSR count). The van der Waals surface area contributed by atoms with Crippen LogP contribution in [-0.2, 0) is 10.3 Å². The van der Waals surface area contributed by atoms with Crippen molar-refractivity contribution in [3.63, 3.8) is 0 Å². The molecule has 1 aromatic rings. The van der Waals surface area contributed by atoms with Crippen molar-refractivity contribution < 1.29 is 4.79 Å². The van der Waals surface area contributed by atoms with Gasteiger partial charge in [-0.15, -0.1) is 0 Å². The molecule has 2 fully saturated rings. The number of piperidine rings is 1. The van der Waals surface area contributed by atoms with E-state index in [1.165, 1.54) is 32.4 Å². The Balaban J connectivity index is 1.71. The third-order valence-corrected chi connectivity index (χ3v) is 5.76. The summed E-state index contributed by atoms with van der Waals surface area (Å²) in [6.45, 7) is 5.84. The van der Waals surface area contributed by atoms with Crippen LogP contribution in [0.5, 0.6) is 0 Å². The largest absolute Gasteiger partial charge is 0.339 e. The van der Waals surface area contributed by atoms with Crippen molar-refractivity contribution in [1.82, 2.24) is 9.80 Å². The van der Waals surface area contributed by atoms with Crippen LogP contribution in [0.4, 0.5) is 0 Å². The zero-order chi connectivity index (χ0) is 16.4. The quantitative estimate of drug-likeness (QED) is 0.877. The Labute approximate surface area is 147 Å². The van der Waals surface area contributed by atoms with Gasteiger partial charge in [0.05, 0.1) is 0 Å². The van der Waals surface area contributed by atoms with Gasteiger partial charge in [-0.2, -0.15) is 0 Å². The molecule has 0 aromatic heterocycles. The summed E-state index contributed by atoms with van der Waals surface area (Å²) in [4.78, 5) is 17.6. The first-order valence-corrected chi connectivity index (χ1v) is 9.36. The van der Waals surface area contributed by atoms with Gasteiger partial charge in [0.2, 0.25) is 5.91 Å². The van der Waals surface area contributed by atoms with Crippen LogP contribution in [0, 0.1) is 0 Å². The molecule has 0 radical (unpaired) electrons. The number of amides is 1. The van der Waals surface area contributed by atoms with E-state index >= 15 is 0 Å². The molecule has 0 saturated carbocycles. The standard InChI is InChI=1S/C18H26BrN3O/c1-18(20,14-6-8-15(19)9-7-14)17(23)22-12-4-5-16(13-22)21-10-2-3-11-21/h6-9,16H,2-5,10-13,20H2,1H3. The summed E-state index contributed by atoms with van der Waals surface area (Å²) < 4.78 is 0.997. The Kier molecular flexibility index (Phi) is 5.09. The third-order valence-electron chi connectivity index (χ3n) is 5.23. The highest BCUT2D eigenvalue weighted by Gasteiger charge is 2.37. The number of nitrogens with zero attached hydrogens (tertiary/aromatic N) is 2. The number of nitrogens with two attached hydrogens (primary N) is 1. The van der Waals surface area contributed by atoms with Crippen molar-refractivity contribution in [3.8, 4) is 0 Å². The van der Waals surface area contributed by atoms with Gasteiger partial charge in [-0.25, -0.2) is 0 Å². The van der Waals surface area contributed by atoms with Gasteiger partial charge in [-0.3, -0.25) is 9.69 Å². The first-order valence-electron chi connectivity index (χ1n) is 8.57. The average molecular weight is 380 g/mol. The summed E-state index contributed by atoms with van der Waals surface area (Å²) in [7, 11) is 0. The normalized spacial score (nSPS) is 25.3. The second-order valence-electron chi connectivity index (χ2n) is 7.00. The molecule has 126 valence electrons. The zero-order valence-electron chi connectivity index (χ0n) is 13.8. The Morgan fingerprint density at radius 3 is 2.48 bits per heavy atom. The molecule has 1 amide bonds. The van der Waals surface area contributed by atoms with Crippen molar-refractivity contribution in [3.05, 3.63) is 34.3 Å². The molecule has 2 aliphatic rings. The molecule has 2 heterocycles. The van der Waals surface area contributed by atoms with Gasteiger partial charge in [0.1, 0.15) is 5.54 Å². The summed E-state index contributed by atoms with van der Waals surface area (Å²) in [6, 6.07) is 8.26. The van der Waals surface area contributed by atoms with E-state index in [4.69, 9.17) is 5.73 Å². The summed E-state index contributed by atoms with van der Waals surface area (Å²) in [5.41, 5.74) is 6.35. The number of carbonyl (C=O) groups is 1. The highest BCUT2D eigenvalue weighted by atomic mass is 79.9. The maximum absolute atomic E-state index is 13.0. The number of hydrogen-bond acceptors (Lipinski definition) is 3. The number of rotatable bonds is 3. The fraction of sp³-hybridized carbons (Fsp3) is 0.611. The highest BCUT2D eigenvalue weighted by Crippen LogP contribution is 2.26. The lowest BCUT2D eigenvalue weighted by Crippen LogP contribution is -2.56. The minimum atomic E-state index is -0.965. The monoisotopic (exact) mass is 379 g/mol. The van der Waals surface area contributed by atoms with E-state index in [0.717, 1.165) is 29.5 Å². The number of likely N-dealkylation sites (tertiary alicyclic amines) is 2. The maximum atomic E-state index is 13.0. The van der Waals surface area contributed by atoms with Crippen LogP contribution in [-0.4, -0.2) is 47.9 Å². The number of benzene rings is 1. The highest BCUT2D eigenvalue weighted by molar-refractivity contribution is 9.10. The van der Waals surface area contributed by atoms with Crippen LogP contribution < -0.4 is 5.73 Å². The van der Waals surface area contributed by atoms with Gasteiger partial charge in [-0.05, 0) is 63.4 Å². The Morgan fingerprint density at radius 2 is 1.83 bits per heavy atom. The molecule has 0 bridgehead atoms. The Morgan fingerprint density at radius 1 is 1.17 bits per heavy atom. The predicted molar refractivity (Wildman–Crippen MR) is 96.1 cm³/mol. The molecule has 2 unspecified atom stereocenters. The maximum Gasteiger partial charge on any atom is 0.247 e. The predicted octanol–water partition coefficient (Wildman–Crippen LogP) is 2.71. The van der Waals surface area contributed by atoms with Crippen LogP contribution in [0.15, 0.2) is 28.7 Å². The topological polar surface area (TPSA) is 49.6 Å². The molecular weight excluding hydrogens is 354 g/mol. The molecule has 2 N–H and O–H groups in total. The van der Waals surface area contributed by atoms with E-state index in [9.17, 15) is 4.79 Å². The molecule has 5 heteroatoms. The molecule has 23 heavy (non-hydrogen) atoms. The smallest absolute Gasteiger partial charge is 0.247 e. The van der Waals surface area contributed by atoms with Gasteiger partial charge >= 0.3 is 0 Å². The molecule has 2 atom stereocenters. The molecular formula is C18H26BrN3O. The Bertz CT molecular complexity index is 552. The summed E-state index contributed by atoms with van der Waals surface area (Å²) in [5, 5.41) is 0. The van der Waals surface area contributed by atoms with Gasteiger partial charge in [-0.1, -0.05) is 28.1 Å². The van der Waals surface area contributed by atoms with Gasteiger partial charge in [0.15, 0.2) is 0 Å². The van der Waals surface area contributed by atoms with E-state index in [1.807, 2.05) is 36.1 Å². The Hall–Kier alpha value is -0.910. The number of hydrogen-bond donors (Lipinski definition) is 1. The van der Waals surface area contributed by atoms with Crippen LogP contribution in [0.25, 0.3) is 0 Å². The van der Waals surface area contributed by atoms with Crippen molar-refractivity contribution in [1.29, 1.82) is 0 Å². The minimum Gasteiger partial charge on any atom is -0.339 e. The lowest BCUT2D eigenvalue weighted by Gasteiger charge is -2.40. The van der Waals surface area contributed by atoms with Crippen molar-refractivity contribution in [2.45, 2.75) is 44.2 Å². The molecule has 0 spiro atoms. The molecule has 2 aliphatic heterocycles. The molecule has 1 aromatic carbocycles. The second kappa shape index (κ2) is 6.91. The average Bonchev–Trinajstić information content (AvgIpc) is 3.09. The fourth-order valence-electron chi connectivity index (χ4n) is 3.79. The van der Waals surface area contributed by atoms with E-state index in [2.05, 4.69) is 20.8 Å². The lowest BCUT2D eigenvalue weighted by molar-refractivity contribution is -0.138. The zero-order valence-corrected chi connectivity index (χ0v) is 15.4. The van der Waals surface area contributed by atoms with Crippen molar-refractivity contribution >= 4 is 21.8 Å². The van der Waals surface area contributed by atoms with E-state index in [-0.39, 0.29) is 5.91 Å². The lowest BCUT2D eigenvalue weighted by atomic mass is 9.90. The van der Waals surface area contributed by atoms with E-state index in [0.29, 0.717) is 6.04 Å². The SMILES string of the molecule is CC(N)(C(=O)N1CCCC(N2CCCC2)C1)c1ccc(Br)cc1. The number of halogens is 1. The number of carbonyl (C=O) groups excluding carboxylic acids is 1. The molecule has 4 nitrogen and oxygen atoms in total. The summed E-state index contributed by atoms with van der Waals surface area (Å²) in [5.74, 6) is 0.0451. The fourth-order valence-corrected chi connectivity index (χ4v) is 4.06. The van der Waals surface area contributed by atoms with Crippen molar-refractivity contribution in [2.24, 2.45) is 5.73 Å². The van der Waals surface area contributed by atoms with Crippen LogP contribution in [0.1, 0.15) is 38.2 Å². The van der Waals surface area contributed by atoms with E-state index in [1.54, 1.807) is 0 Å². The van der Waals surface area contributed by atoms with Crippen LogP contribution in [0.3, 0.4) is 0 Å². The van der Waals surface area contributed by atoms with Gasteiger partial charge in [0.25, 0.3) is 0 Å².